The van der Waals surface area contributed by atoms with Gasteiger partial charge in [0.05, 0.1) is 6.26 Å². The highest BCUT2D eigenvalue weighted by Crippen LogP contribution is 2.21. The first-order chi connectivity index (χ1) is 19.1. The summed E-state index contributed by atoms with van der Waals surface area (Å²) < 4.78 is 5.21. The zero-order chi connectivity index (χ0) is 27.0. The standard InChI is InChI=1S/C33H24N2O4/c36-31(20-19-28-13-7-21-39-28)24-15-17-27(18-16-24)34-33(38)30(35-32(37)25-9-2-1-3-10-25)22-26-12-6-11-23-8-4-5-14-29(23)26/h1-22H,(H,34,38)(H,35,37)/b20-19+,30-22-. The molecule has 0 fully saturated rings. The van der Waals surface area contributed by atoms with Crippen LogP contribution in [0.2, 0.25) is 0 Å². The minimum absolute atomic E-state index is 0.0849. The molecule has 0 aliphatic rings. The Morgan fingerprint density at radius 3 is 2.21 bits per heavy atom. The van der Waals surface area contributed by atoms with E-state index in [4.69, 9.17) is 4.42 Å². The second-order valence-electron chi connectivity index (χ2n) is 8.69. The van der Waals surface area contributed by atoms with Crippen molar-refractivity contribution >= 4 is 46.2 Å². The lowest BCUT2D eigenvalue weighted by molar-refractivity contribution is -0.113. The van der Waals surface area contributed by atoms with Gasteiger partial charge in [-0.3, -0.25) is 14.4 Å². The van der Waals surface area contributed by atoms with E-state index >= 15 is 0 Å². The van der Waals surface area contributed by atoms with Crippen LogP contribution < -0.4 is 10.6 Å². The van der Waals surface area contributed by atoms with Gasteiger partial charge >= 0.3 is 0 Å². The van der Waals surface area contributed by atoms with Crippen LogP contribution in [0.25, 0.3) is 22.9 Å². The quantitative estimate of drug-likeness (QED) is 0.178. The molecule has 4 aromatic carbocycles. The highest BCUT2D eigenvalue weighted by Gasteiger charge is 2.16. The SMILES string of the molecule is O=C(Nc1ccc(C(=O)/C=C/c2ccco2)cc1)/C(=C/c1cccc2ccccc12)NC(=O)c1ccccc1. The van der Waals surface area contributed by atoms with E-state index in [-0.39, 0.29) is 11.5 Å². The van der Waals surface area contributed by atoms with Crippen LogP contribution in [0.5, 0.6) is 0 Å². The van der Waals surface area contributed by atoms with Crippen molar-refractivity contribution in [3.63, 3.8) is 0 Å². The van der Waals surface area contributed by atoms with Crippen molar-refractivity contribution in [1.29, 1.82) is 0 Å². The van der Waals surface area contributed by atoms with Crippen LogP contribution >= 0.6 is 0 Å². The summed E-state index contributed by atoms with van der Waals surface area (Å²) in [5, 5.41) is 7.55. The second kappa shape index (κ2) is 11.7. The van der Waals surface area contributed by atoms with Crippen LogP contribution in [0.4, 0.5) is 5.69 Å². The van der Waals surface area contributed by atoms with E-state index < -0.39 is 11.8 Å². The topological polar surface area (TPSA) is 88.4 Å². The molecule has 2 N–H and O–H groups in total. The van der Waals surface area contributed by atoms with E-state index in [9.17, 15) is 14.4 Å². The van der Waals surface area contributed by atoms with Gasteiger partial charge in [-0.25, -0.2) is 0 Å². The molecule has 0 aliphatic heterocycles. The van der Waals surface area contributed by atoms with Gasteiger partial charge in [-0.1, -0.05) is 60.7 Å². The lowest BCUT2D eigenvalue weighted by atomic mass is 10.0. The fourth-order valence-corrected chi connectivity index (χ4v) is 4.03. The molecule has 0 radical (unpaired) electrons. The van der Waals surface area contributed by atoms with Gasteiger partial charge in [0.2, 0.25) is 0 Å². The molecule has 6 heteroatoms. The summed E-state index contributed by atoms with van der Waals surface area (Å²) in [5.74, 6) is -0.517. The van der Waals surface area contributed by atoms with Crippen molar-refractivity contribution in [2.24, 2.45) is 0 Å². The number of hydrogen-bond acceptors (Lipinski definition) is 4. The minimum atomic E-state index is -0.496. The number of allylic oxidation sites excluding steroid dienone is 1. The molecular formula is C33H24N2O4. The molecule has 39 heavy (non-hydrogen) atoms. The van der Waals surface area contributed by atoms with Crippen LogP contribution in [0, 0.1) is 0 Å². The predicted molar refractivity (Wildman–Crippen MR) is 153 cm³/mol. The zero-order valence-electron chi connectivity index (χ0n) is 20.8. The smallest absolute Gasteiger partial charge is 0.272 e. The van der Waals surface area contributed by atoms with Crippen molar-refractivity contribution in [3.8, 4) is 0 Å². The van der Waals surface area contributed by atoms with Crippen LogP contribution in [-0.4, -0.2) is 17.6 Å². The number of rotatable bonds is 8. The molecule has 1 aromatic heterocycles. The average Bonchev–Trinajstić information content (AvgIpc) is 3.50. The van der Waals surface area contributed by atoms with E-state index in [0.29, 0.717) is 22.6 Å². The van der Waals surface area contributed by atoms with E-state index in [0.717, 1.165) is 16.3 Å². The molecule has 0 unspecified atom stereocenters. The third-order valence-corrected chi connectivity index (χ3v) is 6.02. The van der Waals surface area contributed by atoms with Gasteiger partial charge in [0.25, 0.3) is 11.8 Å². The van der Waals surface area contributed by atoms with Crippen molar-refractivity contribution in [2.45, 2.75) is 0 Å². The third kappa shape index (κ3) is 6.26. The number of ketones is 1. The molecular weight excluding hydrogens is 488 g/mol. The Kier molecular flexibility index (Phi) is 7.56. The van der Waals surface area contributed by atoms with Crippen molar-refractivity contribution in [1.82, 2.24) is 5.32 Å². The first-order valence-corrected chi connectivity index (χ1v) is 12.3. The van der Waals surface area contributed by atoms with Gasteiger partial charge in [-0.15, -0.1) is 0 Å². The Balaban J connectivity index is 1.39. The lowest BCUT2D eigenvalue weighted by Gasteiger charge is -2.12. The Labute approximate surface area is 225 Å². The normalized spacial score (nSPS) is 11.4. The number of fused-ring (bicyclic) bond motifs is 1. The number of carbonyl (C=O) groups is 3. The molecule has 2 amide bonds. The molecule has 6 nitrogen and oxygen atoms in total. The lowest BCUT2D eigenvalue weighted by Crippen LogP contribution is -2.30. The van der Waals surface area contributed by atoms with E-state index in [2.05, 4.69) is 10.6 Å². The molecule has 0 aliphatic carbocycles. The van der Waals surface area contributed by atoms with Gasteiger partial charge in [0.15, 0.2) is 5.78 Å². The molecule has 190 valence electrons. The summed E-state index contributed by atoms with van der Waals surface area (Å²) >= 11 is 0. The van der Waals surface area contributed by atoms with Gasteiger partial charge < -0.3 is 15.1 Å². The Morgan fingerprint density at radius 2 is 1.44 bits per heavy atom. The third-order valence-electron chi connectivity index (χ3n) is 6.02. The summed E-state index contributed by atoms with van der Waals surface area (Å²) in [4.78, 5) is 38.8. The predicted octanol–water partition coefficient (Wildman–Crippen LogP) is 6.74. The van der Waals surface area contributed by atoms with Crippen molar-refractivity contribution < 1.29 is 18.8 Å². The van der Waals surface area contributed by atoms with E-state index in [1.54, 1.807) is 72.8 Å². The van der Waals surface area contributed by atoms with Gasteiger partial charge in [0.1, 0.15) is 11.5 Å². The number of anilines is 1. The van der Waals surface area contributed by atoms with Gasteiger partial charge in [-0.05, 0) is 83.1 Å². The maximum absolute atomic E-state index is 13.4. The summed E-state index contributed by atoms with van der Waals surface area (Å²) in [7, 11) is 0. The maximum Gasteiger partial charge on any atom is 0.272 e. The highest BCUT2D eigenvalue weighted by atomic mass is 16.3. The summed E-state index contributed by atoms with van der Waals surface area (Å²) in [6, 6.07) is 32.3. The molecule has 0 spiro atoms. The van der Waals surface area contributed by atoms with Gasteiger partial charge in [0, 0.05) is 16.8 Å². The minimum Gasteiger partial charge on any atom is -0.465 e. The van der Waals surface area contributed by atoms with Gasteiger partial charge in [-0.2, -0.15) is 0 Å². The summed E-state index contributed by atoms with van der Waals surface area (Å²) in [5.41, 5.74) is 2.24. The Morgan fingerprint density at radius 1 is 0.692 bits per heavy atom. The number of benzene rings is 4. The fourth-order valence-electron chi connectivity index (χ4n) is 4.03. The highest BCUT2D eigenvalue weighted by molar-refractivity contribution is 6.12. The molecule has 0 atom stereocenters. The second-order valence-corrected chi connectivity index (χ2v) is 8.69. The van der Waals surface area contributed by atoms with Crippen molar-refractivity contribution in [3.05, 3.63) is 150 Å². The largest absolute Gasteiger partial charge is 0.465 e. The zero-order valence-corrected chi connectivity index (χ0v) is 20.8. The molecule has 0 saturated heterocycles. The molecule has 0 saturated carbocycles. The monoisotopic (exact) mass is 512 g/mol. The van der Waals surface area contributed by atoms with Crippen LogP contribution in [0.15, 0.2) is 132 Å². The number of amides is 2. The number of nitrogens with one attached hydrogen (secondary N) is 2. The number of carbonyl (C=O) groups excluding carboxylic acids is 3. The van der Waals surface area contributed by atoms with Crippen molar-refractivity contribution in [2.75, 3.05) is 5.32 Å². The van der Waals surface area contributed by atoms with Crippen LogP contribution in [0.1, 0.15) is 32.0 Å². The van der Waals surface area contributed by atoms with E-state index in [1.165, 1.54) is 12.3 Å². The molecule has 5 rings (SSSR count). The number of furan rings is 1. The van der Waals surface area contributed by atoms with Crippen LogP contribution in [0.3, 0.4) is 0 Å². The van der Waals surface area contributed by atoms with E-state index in [1.807, 2.05) is 48.5 Å². The average molecular weight is 513 g/mol. The molecule has 0 bridgehead atoms. The maximum atomic E-state index is 13.4. The summed E-state index contributed by atoms with van der Waals surface area (Å²) in [6.07, 6.45) is 6.22. The molecule has 5 aromatic rings. The number of hydrogen-bond donors (Lipinski definition) is 2. The fraction of sp³-hybridized carbons (Fsp3) is 0. The Hall–Kier alpha value is -5.49. The Bertz CT molecular complexity index is 1680. The first-order valence-electron chi connectivity index (χ1n) is 12.3. The first kappa shape index (κ1) is 25.2. The summed E-state index contributed by atoms with van der Waals surface area (Å²) in [6.45, 7) is 0. The molecule has 1 heterocycles. The van der Waals surface area contributed by atoms with Crippen LogP contribution in [-0.2, 0) is 4.79 Å².